The van der Waals surface area contributed by atoms with Gasteiger partial charge in [-0.2, -0.15) is 0 Å². The van der Waals surface area contributed by atoms with Crippen LogP contribution in [0.15, 0.2) is 53.1 Å². The lowest BCUT2D eigenvalue weighted by molar-refractivity contribution is -0.121. The largest absolute Gasteiger partial charge is 0.482 e. The summed E-state index contributed by atoms with van der Waals surface area (Å²) in [5, 5.41) is 6.65. The molecule has 7 nitrogen and oxygen atoms in total. The summed E-state index contributed by atoms with van der Waals surface area (Å²) in [5.41, 5.74) is 3.34. The first kappa shape index (κ1) is 17.8. The van der Waals surface area contributed by atoms with Gasteiger partial charge in [-0.15, -0.1) is 0 Å². The van der Waals surface area contributed by atoms with Crippen molar-refractivity contribution in [2.75, 3.05) is 23.4 Å². The third-order valence-electron chi connectivity index (χ3n) is 4.55. The van der Waals surface area contributed by atoms with Crippen LogP contribution in [0.2, 0.25) is 0 Å². The van der Waals surface area contributed by atoms with Crippen molar-refractivity contribution >= 4 is 23.2 Å². The van der Waals surface area contributed by atoms with Gasteiger partial charge in [0.15, 0.2) is 18.1 Å². The lowest BCUT2D eigenvalue weighted by atomic mass is 10.1. The van der Waals surface area contributed by atoms with Crippen molar-refractivity contribution in [3.8, 4) is 17.1 Å². The number of aryl methyl sites for hydroxylation is 1. The molecule has 0 atom stereocenters. The van der Waals surface area contributed by atoms with Crippen molar-refractivity contribution < 1.29 is 18.8 Å². The minimum atomic E-state index is -0.395. The molecule has 0 saturated carbocycles. The summed E-state index contributed by atoms with van der Waals surface area (Å²) in [7, 11) is 0. The van der Waals surface area contributed by atoms with Crippen LogP contribution in [0.5, 0.6) is 5.75 Å². The Balaban J connectivity index is 1.54. The highest BCUT2D eigenvalue weighted by molar-refractivity contribution is 6.04. The maximum absolute atomic E-state index is 12.6. The van der Waals surface area contributed by atoms with Crippen molar-refractivity contribution in [2.45, 2.75) is 13.8 Å². The number of fused-ring (bicyclic) bond motifs is 1. The van der Waals surface area contributed by atoms with Crippen LogP contribution < -0.4 is 15.0 Å². The summed E-state index contributed by atoms with van der Waals surface area (Å²) in [6.45, 7) is 4.43. The molecule has 7 heteroatoms. The molecule has 1 aromatic heterocycles. The van der Waals surface area contributed by atoms with Crippen LogP contribution in [0.3, 0.4) is 0 Å². The highest BCUT2D eigenvalue weighted by atomic mass is 16.5. The highest BCUT2D eigenvalue weighted by Crippen LogP contribution is 2.34. The SMILES string of the molecule is CCN1C(=O)COc2ccc(NC(=O)c3cc(-c4ccc(C)cc4)on3)cc21. The van der Waals surface area contributed by atoms with Crippen LogP contribution in [0.25, 0.3) is 11.3 Å². The van der Waals surface area contributed by atoms with Gasteiger partial charge in [0.25, 0.3) is 11.8 Å². The Kier molecular flexibility index (Phi) is 4.57. The molecule has 2 heterocycles. The van der Waals surface area contributed by atoms with Crippen molar-refractivity contribution in [1.29, 1.82) is 0 Å². The molecular weight excluding hydrogens is 358 g/mol. The van der Waals surface area contributed by atoms with E-state index in [1.165, 1.54) is 0 Å². The number of rotatable bonds is 4. The predicted octanol–water partition coefficient (Wildman–Crippen LogP) is 3.65. The zero-order valence-corrected chi connectivity index (χ0v) is 15.6. The number of hydrogen-bond donors (Lipinski definition) is 1. The minimum Gasteiger partial charge on any atom is -0.482 e. The molecule has 0 spiro atoms. The zero-order valence-electron chi connectivity index (χ0n) is 15.6. The number of amides is 2. The van der Waals surface area contributed by atoms with Crippen LogP contribution in [0.1, 0.15) is 23.0 Å². The molecule has 3 aromatic rings. The normalized spacial score (nSPS) is 13.1. The van der Waals surface area contributed by atoms with Gasteiger partial charge in [0.05, 0.1) is 5.69 Å². The number of likely N-dealkylation sites (N-methyl/N-ethyl adjacent to an activating group) is 1. The standard InChI is InChI=1S/C21H19N3O4/c1-3-24-17-10-15(8-9-18(17)27-12-20(24)25)22-21(26)16-11-19(28-23-16)14-6-4-13(2)5-7-14/h4-11H,3,12H2,1-2H3,(H,22,26). The predicted molar refractivity (Wildman–Crippen MR) is 105 cm³/mol. The quantitative estimate of drug-likeness (QED) is 0.750. The Bertz CT molecular complexity index is 1040. The molecule has 142 valence electrons. The van der Waals surface area contributed by atoms with Gasteiger partial charge in [-0.05, 0) is 32.0 Å². The molecule has 2 amide bonds. The topological polar surface area (TPSA) is 84.7 Å². The van der Waals surface area contributed by atoms with E-state index in [4.69, 9.17) is 9.26 Å². The van der Waals surface area contributed by atoms with E-state index in [2.05, 4.69) is 10.5 Å². The van der Waals surface area contributed by atoms with Gasteiger partial charge >= 0.3 is 0 Å². The average Bonchev–Trinajstić information content (AvgIpc) is 3.19. The number of carbonyl (C=O) groups is 2. The molecule has 0 bridgehead atoms. The van der Waals surface area contributed by atoms with E-state index >= 15 is 0 Å². The fourth-order valence-corrected chi connectivity index (χ4v) is 3.06. The molecule has 0 fully saturated rings. The first-order valence-corrected chi connectivity index (χ1v) is 8.97. The maximum atomic E-state index is 12.6. The minimum absolute atomic E-state index is 0.0211. The van der Waals surface area contributed by atoms with E-state index in [-0.39, 0.29) is 18.2 Å². The summed E-state index contributed by atoms with van der Waals surface area (Å²) in [4.78, 5) is 26.2. The summed E-state index contributed by atoms with van der Waals surface area (Å²) in [6.07, 6.45) is 0. The first-order chi connectivity index (χ1) is 13.5. The molecule has 0 aliphatic carbocycles. The Hall–Kier alpha value is -3.61. The molecule has 4 rings (SSSR count). The second kappa shape index (κ2) is 7.19. The Morgan fingerprint density at radius 3 is 2.71 bits per heavy atom. The van der Waals surface area contributed by atoms with Gasteiger partial charge in [-0.1, -0.05) is 35.0 Å². The number of hydrogen-bond acceptors (Lipinski definition) is 5. The number of benzene rings is 2. The van der Waals surface area contributed by atoms with Crippen molar-refractivity contribution in [1.82, 2.24) is 5.16 Å². The van der Waals surface area contributed by atoms with Crippen molar-refractivity contribution in [3.63, 3.8) is 0 Å². The van der Waals surface area contributed by atoms with Crippen LogP contribution in [0.4, 0.5) is 11.4 Å². The van der Waals surface area contributed by atoms with Crippen LogP contribution >= 0.6 is 0 Å². The van der Waals surface area contributed by atoms with Gasteiger partial charge in [0, 0.05) is 23.9 Å². The first-order valence-electron chi connectivity index (χ1n) is 8.97. The fourth-order valence-electron chi connectivity index (χ4n) is 3.06. The zero-order chi connectivity index (χ0) is 19.7. The Morgan fingerprint density at radius 1 is 1.18 bits per heavy atom. The van der Waals surface area contributed by atoms with Gasteiger partial charge < -0.3 is 19.5 Å². The summed E-state index contributed by atoms with van der Waals surface area (Å²) < 4.78 is 10.7. The summed E-state index contributed by atoms with van der Waals surface area (Å²) in [6, 6.07) is 14.5. The van der Waals surface area contributed by atoms with Gasteiger partial charge in [0.1, 0.15) is 5.75 Å². The number of carbonyl (C=O) groups excluding carboxylic acids is 2. The number of ether oxygens (including phenoxy) is 1. The number of nitrogens with zero attached hydrogens (tertiary/aromatic N) is 2. The van der Waals surface area contributed by atoms with Gasteiger partial charge in [-0.3, -0.25) is 9.59 Å². The third kappa shape index (κ3) is 3.34. The van der Waals surface area contributed by atoms with E-state index in [1.54, 1.807) is 29.2 Å². The van der Waals surface area contributed by atoms with Crippen LogP contribution in [0, 0.1) is 6.92 Å². The van der Waals surface area contributed by atoms with Gasteiger partial charge in [0.2, 0.25) is 0 Å². The molecule has 0 saturated heterocycles. The molecule has 0 unspecified atom stereocenters. The molecular formula is C21H19N3O4. The molecule has 28 heavy (non-hydrogen) atoms. The van der Waals surface area contributed by atoms with Gasteiger partial charge in [-0.25, -0.2) is 0 Å². The molecule has 0 radical (unpaired) electrons. The van der Waals surface area contributed by atoms with E-state index in [0.29, 0.717) is 29.4 Å². The molecule has 1 aliphatic rings. The Morgan fingerprint density at radius 2 is 1.96 bits per heavy atom. The lowest BCUT2D eigenvalue weighted by Gasteiger charge is -2.28. The van der Waals surface area contributed by atoms with E-state index in [0.717, 1.165) is 11.1 Å². The van der Waals surface area contributed by atoms with E-state index in [9.17, 15) is 9.59 Å². The van der Waals surface area contributed by atoms with E-state index in [1.807, 2.05) is 38.1 Å². The van der Waals surface area contributed by atoms with Crippen molar-refractivity contribution in [2.24, 2.45) is 0 Å². The molecule has 1 aliphatic heterocycles. The summed E-state index contributed by atoms with van der Waals surface area (Å²) in [5.74, 6) is 0.625. The monoisotopic (exact) mass is 377 g/mol. The summed E-state index contributed by atoms with van der Waals surface area (Å²) >= 11 is 0. The molecule has 2 aromatic carbocycles. The third-order valence-corrected chi connectivity index (χ3v) is 4.55. The van der Waals surface area contributed by atoms with Crippen LogP contribution in [-0.4, -0.2) is 30.1 Å². The number of anilines is 2. The number of nitrogens with one attached hydrogen (secondary N) is 1. The molecule has 1 N–H and O–H groups in total. The lowest BCUT2D eigenvalue weighted by Crippen LogP contribution is -2.38. The van der Waals surface area contributed by atoms with Crippen LogP contribution in [-0.2, 0) is 4.79 Å². The Labute approximate surface area is 161 Å². The highest BCUT2D eigenvalue weighted by Gasteiger charge is 2.25. The second-order valence-electron chi connectivity index (χ2n) is 6.51. The average molecular weight is 377 g/mol. The fraction of sp³-hybridized carbons (Fsp3) is 0.190. The second-order valence-corrected chi connectivity index (χ2v) is 6.51. The van der Waals surface area contributed by atoms with Crippen molar-refractivity contribution in [3.05, 3.63) is 59.8 Å². The van der Waals surface area contributed by atoms with E-state index < -0.39 is 5.91 Å². The number of aromatic nitrogens is 1. The maximum Gasteiger partial charge on any atom is 0.277 e. The smallest absolute Gasteiger partial charge is 0.277 e.